The molecule has 0 aliphatic carbocycles. The summed E-state index contributed by atoms with van der Waals surface area (Å²) in [5.41, 5.74) is 0. The number of rotatable bonds is 16. The summed E-state index contributed by atoms with van der Waals surface area (Å²) >= 11 is 0. The second kappa shape index (κ2) is 18.1. The summed E-state index contributed by atoms with van der Waals surface area (Å²) in [6.07, 6.45) is 9.09. The molecule has 4 heteroatoms. The van der Waals surface area contributed by atoms with E-state index in [1.807, 2.05) is 0 Å². The van der Waals surface area contributed by atoms with Crippen LogP contribution in [0.2, 0.25) is 6.04 Å². The molecule has 0 aliphatic heterocycles. The van der Waals surface area contributed by atoms with Crippen LogP contribution in [0.3, 0.4) is 0 Å². The smallest absolute Gasteiger partial charge is 0.229 e. The van der Waals surface area contributed by atoms with Crippen molar-refractivity contribution < 1.29 is 13.9 Å². The van der Waals surface area contributed by atoms with Crippen LogP contribution in [0, 0.1) is 0 Å². The first-order valence-corrected chi connectivity index (χ1v) is 9.03. The fourth-order valence-corrected chi connectivity index (χ4v) is 2.23. The highest BCUT2D eigenvalue weighted by molar-refractivity contribution is 6.26. The molecule has 0 aromatic heterocycles. The molecule has 0 amide bonds. The zero-order valence-electron chi connectivity index (χ0n) is 12.9. The third-order valence-electron chi connectivity index (χ3n) is 2.80. The molecule has 0 bridgehead atoms. The van der Waals surface area contributed by atoms with Gasteiger partial charge in [0.2, 0.25) is 9.76 Å². The molecule has 0 aromatic carbocycles. The molecular formula is C15H32O3Si. The van der Waals surface area contributed by atoms with Gasteiger partial charge in [-0.05, 0) is 12.5 Å². The highest BCUT2D eigenvalue weighted by atomic mass is 28.2. The van der Waals surface area contributed by atoms with Gasteiger partial charge < -0.3 is 13.9 Å². The van der Waals surface area contributed by atoms with Crippen molar-refractivity contribution in [2.45, 2.75) is 64.8 Å². The van der Waals surface area contributed by atoms with Crippen molar-refractivity contribution in [3.05, 3.63) is 0 Å². The van der Waals surface area contributed by atoms with E-state index >= 15 is 0 Å². The van der Waals surface area contributed by atoms with Gasteiger partial charge in [0.1, 0.15) is 0 Å². The normalized spacial score (nSPS) is 11.1. The summed E-state index contributed by atoms with van der Waals surface area (Å²) in [7, 11) is 0.632. The molecule has 0 unspecified atom stereocenters. The second-order valence-corrected chi connectivity index (χ2v) is 5.81. The fraction of sp³-hybridized carbons (Fsp3) is 1.00. The Bertz CT molecular complexity index is 140. The second-order valence-electron chi connectivity index (χ2n) is 4.74. The van der Waals surface area contributed by atoms with Crippen molar-refractivity contribution in [1.82, 2.24) is 0 Å². The Morgan fingerprint density at radius 2 is 1.26 bits per heavy atom. The maximum Gasteiger partial charge on any atom is 0.229 e. The van der Waals surface area contributed by atoms with Gasteiger partial charge in [0.25, 0.3) is 0 Å². The summed E-state index contributed by atoms with van der Waals surface area (Å²) in [6, 6.07) is 1.17. The Hall–Kier alpha value is 0.0969. The molecule has 0 saturated carbocycles. The molecule has 3 nitrogen and oxygen atoms in total. The van der Waals surface area contributed by atoms with Gasteiger partial charge in [-0.2, -0.15) is 0 Å². The molecule has 2 radical (unpaired) electrons. The van der Waals surface area contributed by atoms with E-state index in [-0.39, 0.29) is 0 Å². The van der Waals surface area contributed by atoms with Gasteiger partial charge >= 0.3 is 0 Å². The van der Waals surface area contributed by atoms with Crippen LogP contribution in [-0.4, -0.2) is 42.8 Å². The topological polar surface area (TPSA) is 27.7 Å². The predicted octanol–water partition coefficient (Wildman–Crippen LogP) is 3.84. The van der Waals surface area contributed by atoms with E-state index < -0.39 is 0 Å². The number of hydrogen-bond donors (Lipinski definition) is 0. The molecule has 0 N–H and O–H groups in total. The van der Waals surface area contributed by atoms with E-state index in [2.05, 4.69) is 13.8 Å². The molecular weight excluding hydrogens is 256 g/mol. The zero-order valence-corrected chi connectivity index (χ0v) is 13.9. The SMILES string of the molecule is CCCCCCCCOCCOCCO[Si]CCC. The fourth-order valence-electron chi connectivity index (χ4n) is 1.65. The van der Waals surface area contributed by atoms with Crippen LogP contribution in [-0.2, 0) is 13.9 Å². The highest BCUT2D eigenvalue weighted by Crippen LogP contribution is 2.04. The molecule has 0 aliphatic rings. The van der Waals surface area contributed by atoms with Crippen LogP contribution in [0.15, 0.2) is 0 Å². The quantitative estimate of drug-likeness (QED) is 0.319. The van der Waals surface area contributed by atoms with Crippen molar-refractivity contribution in [3.63, 3.8) is 0 Å². The molecule has 114 valence electrons. The molecule has 0 spiro atoms. The summed E-state index contributed by atoms with van der Waals surface area (Å²) in [5.74, 6) is 0. The van der Waals surface area contributed by atoms with Crippen LogP contribution in [0.5, 0.6) is 0 Å². The molecule has 0 saturated heterocycles. The first-order chi connectivity index (χ1) is 9.41. The van der Waals surface area contributed by atoms with Crippen LogP contribution in [0.1, 0.15) is 58.8 Å². The Morgan fingerprint density at radius 3 is 2.00 bits per heavy atom. The van der Waals surface area contributed by atoms with Crippen LogP contribution in [0.25, 0.3) is 0 Å². The predicted molar refractivity (Wildman–Crippen MR) is 81.8 cm³/mol. The van der Waals surface area contributed by atoms with E-state index in [4.69, 9.17) is 13.9 Å². The minimum absolute atomic E-state index is 0.632. The lowest BCUT2D eigenvalue weighted by molar-refractivity contribution is 0.0355. The lowest BCUT2D eigenvalue weighted by Gasteiger charge is -2.06. The molecule has 19 heavy (non-hydrogen) atoms. The first-order valence-electron chi connectivity index (χ1n) is 7.92. The summed E-state index contributed by atoms with van der Waals surface area (Å²) in [4.78, 5) is 0. The van der Waals surface area contributed by atoms with E-state index in [1.54, 1.807) is 0 Å². The first kappa shape index (κ1) is 19.1. The van der Waals surface area contributed by atoms with Crippen molar-refractivity contribution >= 4 is 9.76 Å². The zero-order chi connectivity index (χ0) is 14.0. The Labute approximate surface area is 122 Å². The largest absolute Gasteiger partial charge is 0.415 e. The maximum atomic E-state index is 5.52. The van der Waals surface area contributed by atoms with Gasteiger partial charge in [-0.3, -0.25) is 0 Å². The molecule has 0 fully saturated rings. The van der Waals surface area contributed by atoms with Gasteiger partial charge in [-0.15, -0.1) is 0 Å². The third kappa shape index (κ3) is 18.1. The van der Waals surface area contributed by atoms with Gasteiger partial charge in [-0.25, -0.2) is 0 Å². The molecule has 0 aromatic rings. The van der Waals surface area contributed by atoms with E-state index in [0.717, 1.165) is 13.2 Å². The highest BCUT2D eigenvalue weighted by Gasteiger charge is 1.93. The van der Waals surface area contributed by atoms with Crippen LogP contribution >= 0.6 is 0 Å². The molecule has 0 rings (SSSR count). The summed E-state index contributed by atoms with van der Waals surface area (Å²) < 4.78 is 16.4. The lowest BCUT2D eigenvalue weighted by atomic mass is 10.1. The van der Waals surface area contributed by atoms with Gasteiger partial charge in [0.05, 0.1) is 26.4 Å². The Kier molecular flexibility index (Phi) is 18.2. The third-order valence-corrected chi connectivity index (χ3v) is 3.91. The van der Waals surface area contributed by atoms with Gasteiger partial charge in [-0.1, -0.05) is 52.4 Å². The number of hydrogen-bond acceptors (Lipinski definition) is 3. The van der Waals surface area contributed by atoms with Gasteiger partial charge in [0.15, 0.2) is 0 Å². The minimum atomic E-state index is 0.632. The van der Waals surface area contributed by atoms with Crippen molar-refractivity contribution in [1.29, 1.82) is 0 Å². The average Bonchev–Trinajstić information content (AvgIpc) is 2.43. The molecule has 0 heterocycles. The Morgan fingerprint density at radius 1 is 0.632 bits per heavy atom. The minimum Gasteiger partial charge on any atom is -0.415 e. The average molecular weight is 289 g/mol. The van der Waals surface area contributed by atoms with Crippen molar-refractivity contribution in [2.24, 2.45) is 0 Å². The molecule has 0 atom stereocenters. The standard InChI is InChI=1S/C15H32O3Si/c1-3-5-6-7-8-9-10-16-11-12-17-13-14-18-19-15-4-2/h3-15H2,1-2H3. The Balaban J connectivity index is 2.88. The van der Waals surface area contributed by atoms with Gasteiger partial charge in [0, 0.05) is 6.61 Å². The lowest BCUT2D eigenvalue weighted by Crippen LogP contribution is -2.11. The number of unbranched alkanes of at least 4 members (excludes halogenated alkanes) is 5. The summed E-state index contributed by atoms with van der Waals surface area (Å²) in [6.45, 7) is 8.12. The number of ether oxygens (including phenoxy) is 2. The van der Waals surface area contributed by atoms with Crippen LogP contribution in [0.4, 0.5) is 0 Å². The maximum absolute atomic E-state index is 5.52. The van der Waals surface area contributed by atoms with E-state index in [1.165, 1.54) is 51.0 Å². The van der Waals surface area contributed by atoms with Crippen molar-refractivity contribution in [3.8, 4) is 0 Å². The summed E-state index contributed by atoms with van der Waals surface area (Å²) in [5, 5.41) is 0. The van der Waals surface area contributed by atoms with E-state index in [9.17, 15) is 0 Å². The monoisotopic (exact) mass is 288 g/mol. The van der Waals surface area contributed by atoms with E-state index in [0.29, 0.717) is 29.6 Å². The van der Waals surface area contributed by atoms with Crippen LogP contribution < -0.4 is 0 Å². The van der Waals surface area contributed by atoms with Crippen molar-refractivity contribution in [2.75, 3.05) is 33.0 Å².